The number of hydrogen-bond acceptors (Lipinski definition) is 3. The molecule has 1 amide bonds. The Morgan fingerprint density at radius 3 is 2.44 bits per heavy atom. The highest BCUT2D eigenvalue weighted by Crippen LogP contribution is 2.70. The van der Waals surface area contributed by atoms with Crippen LogP contribution >= 0.6 is 0 Å². The summed E-state index contributed by atoms with van der Waals surface area (Å²) < 4.78 is 11.5. The largest absolute Gasteiger partial charge is 0.497 e. The minimum Gasteiger partial charge on any atom is -0.497 e. The van der Waals surface area contributed by atoms with Crippen LogP contribution in [0.3, 0.4) is 0 Å². The van der Waals surface area contributed by atoms with E-state index in [9.17, 15) is 4.79 Å². The molecule has 7 rings (SSSR count). The van der Waals surface area contributed by atoms with Gasteiger partial charge >= 0.3 is 0 Å². The van der Waals surface area contributed by atoms with Crippen LogP contribution in [-0.2, 0) is 16.9 Å². The monoisotopic (exact) mass is 423 g/mol. The summed E-state index contributed by atoms with van der Waals surface area (Å²) in [6.07, 6.45) is 1.53. The summed E-state index contributed by atoms with van der Waals surface area (Å²) >= 11 is 0. The van der Waals surface area contributed by atoms with Gasteiger partial charge in [-0.05, 0) is 40.3 Å². The molecule has 4 nitrogen and oxygen atoms in total. The van der Waals surface area contributed by atoms with E-state index in [1.807, 2.05) is 6.07 Å². The van der Waals surface area contributed by atoms with Gasteiger partial charge in [-0.3, -0.25) is 4.79 Å². The molecular weight excluding hydrogens is 398 g/mol. The fraction of sp³-hybridized carbons (Fsp3) is 0.321. The zero-order chi connectivity index (χ0) is 21.6. The third-order valence-electron chi connectivity index (χ3n) is 8.51. The first-order chi connectivity index (χ1) is 15.7. The maximum Gasteiger partial charge on any atom is 0.224 e. The van der Waals surface area contributed by atoms with Gasteiger partial charge < -0.3 is 14.4 Å². The van der Waals surface area contributed by atoms with Gasteiger partial charge in [-0.2, -0.15) is 0 Å². The van der Waals surface area contributed by atoms with Crippen LogP contribution in [0.1, 0.15) is 64.0 Å². The highest BCUT2D eigenvalue weighted by atomic mass is 16.5. The number of carbonyl (C=O) groups excluding carboxylic acids is 1. The SMILES string of the molecule is COc1cc2c(c(OC)c1)[C@H]1C[C@@H]3c4ccccc4[C@H]4CC(=O)N(C2)[C@@]41c1ccccc13. The number of rotatable bonds is 2. The van der Waals surface area contributed by atoms with Gasteiger partial charge in [-0.15, -0.1) is 0 Å². The molecule has 0 aromatic heterocycles. The summed E-state index contributed by atoms with van der Waals surface area (Å²) in [7, 11) is 3.43. The number of ether oxygens (including phenoxy) is 2. The number of methoxy groups -OCH3 is 2. The molecule has 3 aromatic rings. The number of nitrogens with zero attached hydrogens (tertiary/aromatic N) is 1. The predicted octanol–water partition coefficient (Wildman–Crippen LogP) is 5.06. The molecule has 1 spiro atoms. The third kappa shape index (κ3) is 1.97. The second-order valence-corrected chi connectivity index (χ2v) is 9.52. The van der Waals surface area contributed by atoms with Gasteiger partial charge in [-0.1, -0.05) is 48.5 Å². The van der Waals surface area contributed by atoms with Crippen molar-refractivity contribution in [1.82, 2.24) is 4.90 Å². The Bertz CT molecular complexity index is 1300. The Kier molecular flexibility index (Phi) is 3.52. The van der Waals surface area contributed by atoms with E-state index >= 15 is 0 Å². The molecule has 4 aliphatic rings. The summed E-state index contributed by atoms with van der Waals surface area (Å²) in [5.41, 5.74) is 7.50. The standard InChI is InChI=1S/C28H25NO3/c1-31-17-11-16-15-29-26(30)14-23-19-8-4-3-7-18(19)21-13-24(27(16)25(12-17)32-2)28(23,29)22-10-6-5-9-20(21)22/h3-12,21,23-24H,13-15H2,1-2H3/t21-,23-,24-,28+/m1/s1. The molecule has 0 saturated carbocycles. The molecule has 4 heteroatoms. The van der Waals surface area contributed by atoms with Crippen LogP contribution in [0.2, 0.25) is 0 Å². The second kappa shape index (κ2) is 6.16. The van der Waals surface area contributed by atoms with E-state index in [2.05, 4.69) is 59.5 Å². The molecule has 32 heavy (non-hydrogen) atoms. The van der Waals surface area contributed by atoms with Gasteiger partial charge in [0.05, 0.1) is 19.8 Å². The van der Waals surface area contributed by atoms with Crippen LogP contribution < -0.4 is 9.47 Å². The molecule has 0 unspecified atom stereocenters. The minimum absolute atomic E-state index is 0.143. The van der Waals surface area contributed by atoms with Crippen molar-refractivity contribution in [2.24, 2.45) is 0 Å². The van der Waals surface area contributed by atoms with E-state index in [1.54, 1.807) is 14.2 Å². The Hall–Kier alpha value is -3.27. The summed E-state index contributed by atoms with van der Waals surface area (Å²) in [6, 6.07) is 21.8. The molecule has 0 radical (unpaired) electrons. The molecule has 2 aliphatic heterocycles. The lowest BCUT2D eigenvalue weighted by Crippen LogP contribution is -2.54. The quantitative estimate of drug-likeness (QED) is 0.578. The van der Waals surface area contributed by atoms with Crippen molar-refractivity contribution in [3.63, 3.8) is 0 Å². The van der Waals surface area contributed by atoms with E-state index in [0.717, 1.165) is 23.5 Å². The lowest BCUT2D eigenvalue weighted by Gasteiger charge is -2.54. The fourth-order valence-electron chi connectivity index (χ4n) is 7.48. The normalized spacial score (nSPS) is 28.4. The molecule has 160 valence electrons. The Labute approximate surface area is 187 Å². The summed E-state index contributed by atoms with van der Waals surface area (Å²) in [5, 5.41) is 0. The molecule has 2 heterocycles. The van der Waals surface area contributed by atoms with Crippen LogP contribution in [-0.4, -0.2) is 25.0 Å². The van der Waals surface area contributed by atoms with Crippen LogP contribution in [0, 0.1) is 0 Å². The first-order valence-corrected chi connectivity index (χ1v) is 11.4. The zero-order valence-electron chi connectivity index (χ0n) is 18.3. The number of benzene rings is 3. The highest BCUT2D eigenvalue weighted by Gasteiger charge is 2.66. The number of carbonyl (C=O) groups is 1. The fourth-order valence-corrected chi connectivity index (χ4v) is 7.48. The lowest BCUT2D eigenvalue weighted by molar-refractivity contribution is -0.134. The average molecular weight is 424 g/mol. The lowest BCUT2D eigenvalue weighted by atomic mass is 9.58. The molecule has 2 aliphatic carbocycles. The Morgan fingerprint density at radius 1 is 0.906 bits per heavy atom. The number of fused-ring (bicyclic) bond motifs is 5. The molecule has 3 aromatic carbocycles. The van der Waals surface area contributed by atoms with Crippen LogP contribution in [0.25, 0.3) is 0 Å². The molecule has 1 saturated heterocycles. The van der Waals surface area contributed by atoms with E-state index in [-0.39, 0.29) is 23.3 Å². The third-order valence-corrected chi connectivity index (χ3v) is 8.51. The highest BCUT2D eigenvalue weighted by molar-refractivity contribution is 5.85. The second-order valence-electron chi connectivity index (χ2n) is 9.52. The maximum absolute atomic E-state index is 13.6. The topological polar surface area (TPSA) is 38.8 Å². The van der Waals surface area contributed by atoms with Crippen molar-refractivity contribution in [2.75, 3.05) is 14.2 Å². The van der Waals surface area contributed by atoms with Crippen molar-refractivity contribution >= 4 is 5.91 Å². The minimum atomic E-state index is -0.369. The zero-order valence-corrected chi connectivity index (χ0v) is 18.3. The van der Waals surface area contributed by atoms with E-state index in [0.29, 0.717) is 18.9 Å². The van der Waals surface area contributed by atoms with Crippen LogP contribution in [0.4, 0.5) is 0 Å². The Balaban J connectivity index is 1.61. The van der Waals surface area contributed by atoms with Crippen molar-refractivity contribution in [3.8, 4) is 11.5 Å². The van der Waals surface area contributed by atoms with Crippen molar-refractivity contribution in [1.29, 1.82) is 0 Å². The van der Waals surface area contributed by atoms with Crippen molar-refractivity contribution < 1.29 is 14.3 Å². The summed E-state index contributed by atoms with van der Waals surface area (Å²) in [6.45, 7) is 0.593. The van der Waals surface area contributed by atoms with Gasteiger partial charge in [0, 0.05) is 42.3 Å². The van der Waals surface area contributed by atoms with Gasteiger partial charge in [0.15, 0.2) is 0 Å². The van der Waals surface area contributed by atoms with Gasteiger partial charge in [0.2, 0.25) is 5.91 Å². The van der Waals surface area contributed by atoms with Crippen LogP contribution in [0.5, 0.6) is 11.5 Å². The van der Waals surface area contributed by atoms with Gasteiger partial charge in [0.25, 0.3) is 0 Å². The Morgan fingerprint density at radius 2 is 1.66 bits per heavy atom. The number of amides is 1. The van der Waals surface area contributed by atoms with E-state index in [1.165, 1.54) is 27.8 Å². The van der Waals surface area contributed by atoms with E-state index in [4.69, 9.17) is 9.47 Å². The average Bonchev–Trinajstić information content (AvgIpc) is 3.01. The first kappa shape index (κ1) is 18.3. The summed E-state index contributed by atoms with van der Waals surface area (Å²) in [4.78, 5) is 15.8. The first-order valence-electron chi connectivity index (χ1n) is 11.4. The summed E-state index contributed by atoms with van der Waals surface area (Å²) in [5.74, 6) is 2.55. The van der Waals surface area contributed by atoms with Crippen LogP contribution in [0.15, 0.2) is 60.7 Å². The molecule has 0 N–H and O–H groups in total. The number of hydrogen-bond donors (Lipinski definition) is 0. The molecule has 2 bridgehead atoms. The molecule has 1 fully saturated rings. The molecular formula is C28H25NO3. The molecule has 4 atom stereocenters. The van der Waals surface area contributed by atoms with E-state index < -0.39 is 0 Å². The predicted molar refractivity (Wildman–Crippen MR) is 121 cm³/mol. The van der Waals surface area contributed by atoms with Crippen molar-refractivity contribution in [2.45, 2.75) is 42.7 Å². The van der Waals surface area contributed by atoms with Crippen molar-refractivity contribution in [3.05, 3.63) is 94.0 Å². The smallest absolute Gasteiger partial charge is 0.224 e. The van der Waals surface area contributed by atoms with Gasteiger partial charge in [-0.25, -0.2) is 0 Å². The maximum atomic E-state index is 13.6. The van der Waals surface area contributed by atoms with Gasteiger partial charge in [0.1, 0.15) is 11.5 Å².